The lowest BCUT2D eigenvalue weighted by Gasteiger charge is -2.31. The van der Waals surface area contributed by atoms with Gasteiger partial charge in [-0.05, 0) is 50.5 Å². The van der Waals surface area contributed by atoms with Gasteiger partial charge >= 0.3 is 0 Å². The molecular formula is C21H28N2O3S. The van der Waals surface area contributed by atoms with Gasteiger partial charge in [0, 0.05) is 0 Å². The van der Waals surface area contributed by atoms with E-state index in [1.54, 1.807) is 18.2 Å². The molecule has 0 saturated carbocycles. The van der Waals surface area contributed by atoms with Crippen LogP contribution in [0, 0.1) is 13.8 Å². The SMILES string of the molecule is CC[C@H](C(=O)N[C@@H](C)c1ccc(C)cc1)N(c1cccc(C)c1)S(C)(=O)=O. The first-order valence-corrected chi connectivity index (χ1v) is 10.9. The molecule has 1 N–H and O–H groups in total. The van der Waals surface area contributed by atoms with Crippen molar-refractivity contribution in [2.75, 3.05) is 10.6 Å². The third kappa shape index (κ3) is 5.32. The first-order chi connectivity index (χ1) is 12.6. The maximum atomic E-state index is 13.0. The highest BCUT2D eigenvalue weighted by molar-refractivity contribution is 7.92. The molecule has 0 aliphatic rings. The fourth-order valence-electron chi connectivity index (χ4n) is 3.07. The summed E-state index contributed by atoms with van der Waals surface area (Å²) in [5, 5.41) is 2.96. The molecule has 0 saturated heterocycles. The highest BCUT2D eigenvalue weighted by Crippen LogP contribution is 2.24. The lowest BCUT2D eigenvalue weighted by atomic mass is 10.1. The molecule has 0 aliphatic heterocycles. The van der Waals surface area contributed by atoms with E-state index in [-0.39, 0.29) is 11.9 Å². The third-order valence-corrected chi connectivity index (χ3v) is 5.70. The van der Waals surface area contributed by atoms with E-state index in [0.29, 0.717) is 12.1 Å². The fraction of sp³-hybridized carbons (Fsp3) is 0.381. The Morgan fingerprint density at radius 1 is 1.07 bits per heavy atom. The molecule has 2 atom stereocenters. The molecule has 2 rings (SSSR count). The minimum Gasteiger partial charge on any atom is -0.348 e. The molecule has 0 radical (unpaired) electrons. The third-order valence-electron chi connectivity index (χ3n) is 4.52. The van der Waals surface area contributed by atoms with E-state index in [1.807, 2.05) is 58.0 Å². The number of nitrogens with one attached hydrogen (secondary N) is 1. The number of amides is 1. The van der Waals surface area contributed by atoms with E-state index in [1.165, 1.54) is 4.31 Å². The molecule has 6 heteroatoms. The minimum absolute atomic E-state index is 0.217. The van der Waals surface area contributed by atoms with Crippen LogP contribution in [0.25, 0.3) is 0 Å². The number of nitrogens with zero attached hydrogens (tertiary/aromatic N) is 1. The van der Waals surface area contributed by atoms with Crippen molar-refractivity contribution in [3.8, 4) is 0 Å². The van der Waals surface area contributed by atoms with Crippen molar-refractivity contribution < 1.29 is 13.2 Å². The molecule has 5 nitrogen and oxygen atoms in total. The lowest BCUT2D eigenvalue weighted by molar-refractivity contribution is -0.122. The Bertz CT molecular complexity index is 892. The van der Waals surface area contributed by atoms with Crippen LogP contribution >= 0.6 is 0 Å². The van der Waals surface area contributed by atoms with E-state index >= 15 is 0 Å². The summed E-state index contributed by atoms with van der Waals surface area (Å²) in [7, 11) is -3.62. The van der Waals surface area contributed by atoms with E-state index in [9.17, 15) is 13.2 Å². The zero-order valence-electron chi connectivity index (χ0n) is 16.6. The average Bonchev–Trinajstić information content (AvgIpc) is 2.58. The second kappa shape index (κ2) is 8.57. The number of anilines is 1. The van der Waals surface area contributed by atoms with Gasteiger partial charge in [0.15, 0.2) is 0 Å². The van der Waals surface area contributed by atoms with Crippen LogP contribution in [-0.4, -0.2) is 26.6 Å². The van der Waals surface area contributed by atoms with Gasteiger partial charge in [0.25, 0.3) is 0 Å². The summed E-state index contributed by atoms with van der Waals surface area (Å²) >= 11 is 0. The van der Waals surface area contributed by atoms with Gasteiger partial charge in [-0.3, -0.25) is 9.10 Å². The number of carbonyl (C=O) groups is 1. The number of hydrogen-bond acceptors (Lipinski definition) is 3. The second-order valence-corrected chi connectivity index (χ2v) is 8.82. The molecule has 146 valence electrons. The zero-order chi connectivity index (χ0) is 20.2. The Morgan fingerprint density at radius 2 is 1.70 bits per heavy atom. The van der Waals surface area contributed by atoms with Crippen LogP contribution in [0.2, 0.25) is 0 Å². The number of hydrogen-bond donors (Lipinski definition) is 1. The van der Waals surface area contributed by atoms with Gasteiger partial charge in [0.05, 0.1) is 18.0 Å². The van der Waals surface area contributed by atoms with Crippen LogP contribution in [0.5, 0.6) is 0 Å². The van der Waals surface area contributed by atoms with Crippen molar-refractivity contribution >= 4 is 21.6 Å². The number of rotatable bonds is 7. The van der Waals surface area contributed by atoms with E-state index in [4.69, 9.17) is 0 Å². The Labute approximate surface area is 162 Å². The van der Waals surface area contributed by atoms with Crippen molar-refractivity contribution in [1.29, 1.82) is 0 Å². The summed E-state index contributed by atoms with van der Waals surface area (Å²) in [5.74, 6) is -0.308. The average molecular weight is 389 g/mol. The molecule has 2 aromatic rings. The van der Waals surface area contributed by atoms with Crippen molar-refractivity contribution in [3.63, 3.8) is 0 Å². The molecule has 1 amide bonds. The van der Waals surface area contributed by atoms with Crippen LogP contribution in [0.3, 0.4) is 0 Å². The van der Waals surface area contributed by atoms with Gasteiger partial charge in [-0.25, -0.2) is 8.42 Å². The predicted octanol–water partition coefficient (Wildman–Crippen LogP) is 3.73. The van der Waals surface area contributed by atoms with Crippen molar-refractivity contribution in [2.45, 2.75) is 46.2 Å². The lowest BCUT2D eigenvalue weighted by Crippen LogP contribution is -2.49. The topological polar surface area (TPSA) is 66.5 Å². The van der Waals surface area contributed by atoms with Crippen LogP contribution in [-0.2, 0) is 14.8 Å². The molecule has 0 unspecified atom stereocenters. The smallest absolute Gasteiger partial charge is 0.244 e. The Morgan fingerprint density at radius 3 is 2.22 bits per heavy atom. The molecule has 2 aromatic carbocycles. The van der Waals surface area contributed by atoms with Crippen LogP contribution in [0.4, 0.5) is 5.69 Å². The van der Waals surface area contributed by atoms with Crippen LogP contribution < -0.4 is 9.62 Å². The van der Waals surface area contributed by atoms with Crippen LogP contribution in [0.15, 0.2) is 48.5 Å². The summed E-state index contributed by atoms with van der Waals surface area (Å²) in [6.07, 6.45) is 1.50. The van der Waals surface area contributed by atoms with Gasteiger partial charge < -0.3 is 5.32 Å². The summed E-state index contributed by atoms with van der Waals surface area (Å²) in [6, 6.07) is 14.1. The minimum atomic E-state index is -3.62. The molecule has 0 bridgehead atoms. The Kier molecular flexibility index (Phi) is 6.65. The van der Waals surface area contributed by atoms with E-state index in [0.717, 1.165) is 22.9 Å². The molecule has 0 spiro atoms. The quantitative estimate of drug-likeness (QED) is 0.786. The highest BCUT2D eigenvalue weighted by Gasteiger charge is 2.32. The molecular weight excluding hydrogens is 360 g/mol. The fourth-order valence-corrected chi connectivity index (χ4v) is 4.28. The number of sulfonamides is 1. The molecule has 0 aromatic heterocycles. The van der Waals surface area contributed by atoms with Crippen molar-refractivity contribution in [3.05, 3.63) is 65.2 Å². The van der Waals surface area contributed by atoms with Crippen LogP contribution in [0.1, 0.15) is 43.0 Å². The number of carbonyl (C=O) groups excluding carboxylic acids is 1. The van der Waals surface area contributed by atoms with Gasteiger partial charge in [0.2, 0.25) is 15.9 Å². The second-order valence-electron chi connectivity index (χ2n) is 6.96. The highest BCUT2D eigenvalue weighted by atomic mass is 32.2. The van der Waals surface area contributed by atoms with Gasteiger partial charge in [-0.15, -0.1) is 0 Å². The first-order valence-electron chi connectivity index (χ1n) is 9.06. The molecule has 0 heterocycles. The van der Waals surface area contributed by atoms with Crippen molar-refractivity contribution in [2.24, 2.45) is 0 Å². The van der Waals surface area contributed by atoms with Gasteiger partial charge in [-0.1, -0.05) is 48.9 Å². The largest absolute Gasteiger partial charge is 0.348 e. The maximum absolute atomic E-state index is 13.0. The predicted molar refractivity (Wildman–Crippen MR) is 110 cm³/mol. The Balaban J connectivity index is 2.30. The van der Waals surface area contributed by atoms with Gasteiger partial charge in [-0.2, -0.15) is 0 Å². The Hall–Kier alpha value is -2.34. The summed E-state index contributed by atoms with van der Waals surface area (Å²) in [6.45, 7) is 7.61. The first kappa shape index (κ1) is 21.0. The molecule has 27 heavy (non-hydrogen) atoms. The molecule has 0 fully saturated rings. The summed E-state index contributed by atoms with van der Waals surface area (Å²) in [5.41, 5.74) is 3.56. The zero-order valence-corrected chi connectivity index (χ0v) is 17.4. The van der Waals surface area contributed by atoms with Gasteiger partial charge in [0.1, 0.15) is 6.04 Å². The normalized spacial score (nSPS) is 13.7. The number of aryl methyl sites for hydroxylation is 2. The molecule has 0 aliphatic carbocycles. The monoisotopic (exact) mass is 388 g/mol. The van der Waals surface area contributed by atoms with E-state index < -0.39 is 16.1 Å². The summed E-state index contributed by atoms with van der Waals surface area (Å²) in [4.78, 5) is 13.0. The van der Waals surface area contributed by atoms with E-state index in [2.05, 4.69) is 5.32 Å². The number of benzene rings is 2. The summed E-state index contributed by atoms with van der Waals surface area (Å²) < 4.78 is 26.2. The van der Waals surface area contributed by atoms with Crippen molar-refractivity contribution in [1.82, 2.24) is 5.32 Å². The standard InChI is InChI=1S/C21H28N2O3S/c1-6-20(21(24)22-17(4)18-12-10-15(2)11-13-18)23(27(5,25)26)19-9-7-8-16(3)14-19/h7-14,17,20H,6H2,1-5H3,(H,22,24)/t17-,20+/m0/s1. The maximum Gasteiger partial charge on any atom is 0.244 e.